The number of rotatable bonds is 6. The van der Waals surface area contributed by atoms with Gasteiger partial charge in [0.25, 0.3) is 10.0 Å². The van der Waals surface area contributed by atoms with Crippen molar-refractivity contribution in [1.29, 1.82) is 0 Å². The second-order valence-electron chi connectivity index (χ2n) is 7.88. The molecule has 182 valence electrons. The fraction of sp³-hybridized carbons (Fsp3) is 0.174. The van der Waals surface area contributed by atoms with Crippen LogP contribution in [0.5, 0.6) is 0 Å². The van der Waals surface area contributed by atoms with Crippen molar-refractivity contribution in [3.05, 3.63) is 78.1 Å². The quantitative estimate of drug-likeness (QED) is 0.309. The highest BCUT2D eigenvalue weighted by Crippen LogP contribution is 2.41. The Bertz CT molecular complexity index is 1490. The fourth-order valence-electron chi connectivity index (χ4n) is 3.48. The van der Waals surface area contributed by atoms with Crippen LogP contribution in [0.4, 0.5) is 24.0 Å². The van der Waals surface area contributed by atoms with Crippen molar-refractivity contribution in [3.8, 4) is 0 Å². The van der Waals surface area contributed by atoms with Crippen molar-refractivity contribution < 1.29 is 31.1 Å². The van der Waals surface area contributed by atoms with Crippen LogP contribution in [0.25, 0.3) is 10.8 Å². The smallest absolute Gasteiger partial charge is 0.448 e. The molecule has 0 saturated carbocycles. The van der Waals surface area contributed by atoms with E-state index in [2.05, 4.69) is 9.97 Å². The van der Waals surface area contributed by atoms with Crippen molar-refractivity contribution in [1.82, 2.24) is 9.97 Å². The van der Waals surface area contributed by atoms with Crippen molar-refractivity contribution in [2.24, 2.45) is 0 Å². The molecule has 35 heavy (non-hydrogen) atoms. The summed E-state index contributed by atoms with van der Waals surface area (Å²) in [7, 11) is -4.31. The minimum atomic E-state index is -5.22. The molecule has 0 fully saturated rings. The number of carbonyl (C=O) groups excluding carboxylic acids is 1. The van der Waals surface area contributed by atoms with E-state index in [1.54, 1.807) is 23.7 Å². The minimum absolute atomic E-state index is 0.00255. The molecule has 2 aromatic carbocycles. The van der Waals surface area contributed by atoms with E-state index in [1.807, 2.05) is 0 Å². The van der Waals surface area contributed by atoms with Crippen molar-refractivity contribution in [2.45, 2.75) is 30.5 Å². The van der Waals surface area contributed by atoms with Crippen LogP contribution in [0.2, 0.25) is 0 Å². The van der Waals surface area contributed by atoms with Crippen LogP contribution in [0, 0.1) is 0 Å². The molecule has 12 heteroatoms. The molecule has 0 spiro atoms. The summed E-state index contributed by atoms with van der Waals surface area (Å²) < 4.78 is 72.3. The molecule has 0 saturated heterocycles. The minimum Gasteiger partial charge on any atom is -0.448 e. The van der Waals surface area contributed by atoms with Crippen LogP contribution in [0.1, 0.15) is 19.4 Å². The molecule has 2 heterocycles. The number of nitrogens with zero attached hydrogens (tertiary/aromatic N) is 3. The highest BCUT2D eigenvalue weighted by molar-refractivity contribution is 7.93. The summed E-state index contributed by atoms with van der Waals surface area (Å²) in [5, 5.41) is 2.99. The summed E-state index contributed by atoms with van der Waals surface area (Å²) in [6, 6.07) is 12.0. The van der Waals surface area contributed by atoms with Gasteiger partial charge < -0.3 is 4.74 Å². The number of anilines is 2. The average molecular weight is 522 g/mol. The maximum atomic E-state index is 13.9. The zero-order chi connectivity index (χ0) is 25.4. The number of benzene rings is 2. The summed E-state index contributed by atoms with van der Waals surface area (Å²) >= 11 is 1.03. The summed E-state index contributed by atoms with van der Waals surface area (Å²) in [6.07, 6.45) is -0.680. The highest BCUT2D eigenvalue weighted by atomic mass is 32.2. The second kappa shape index (κ2) is 8.93. The van der Waals surface area contributed by atoms with Crippen molar-refractivity contribution >= 4 is 48.9 Å². The topological polar surface area (TPSA) is 89.5 Å². The van der Waals surface area contributed by atoms with E-state index < -0.39 is 27.8 Å². The van der Waals surface area contributed by atoms with Gasteiger partial charge in [-0.25, -0.2) is 22.5 Å². The monoisotopic (exact) mass is 521 g/mol. The Morgan fingerprint density at radius 3 is 2.46 bits per heavy atom. The van der Waals surface area contributed by atoms with Gasteiger partial charge in [-0.1, -0.05) is 24.3 Å². The third-order valence-electron chi connectivity index (χ3n) is 5.09. The van der Waals surface area contributed by atoms with Gasteiger partial charge in [0.2, 0.25) is 5.13 Å². The van der Waals surface area contributed by atoms with Crippen LogP contribution >= 0.6 is 11.3 Å². The first kappa shape index (κ1) is 24.6. The van der Waals surface area contributed by atoms with E-state index in [1.165, 1.54) is 62.6 Å². The highest BCUT2D eigenvalue weighted by Gasteiger charge is 2.45. The largest absolute Gasteiger partial charge is 0.490 e. The number of aromatic nitrogens is 2. The Balaban J connectivity index is 1.88. The molecule has 2 aromatic heterocycles. The third kappa shape index (κ3) is 4.84. The Morgan fingerprint density at radius 2 is 1.77 bits per heavy atom. The zero-order valence-corrected chi connectivity index (χ0v) is 20.0. The van der Waals surface area contributed by atoms with E-state index in [0.29, 0.717) is 5.39 Å². The zero-order valence-electron chi connectivity index (χ0n) is 18.4. The molecule has 0 unspecified atom stereocenters. The van der Waals surface area contributed by atoms with Crippen LogP contribution in [-0.4, -0.2) is 30.5 Å². The van der Waals surface area contributed by atoms with Crippen LogP contribution in [0.3, 0.4) is 0 Å². The summed E-state index contributed by atoms with van der Waals surface area (Å²) in [4.78, 5) is 19.7. The molecule has 0 amide bonds. The Kier molecular flexibility index (Phi) is 6.28. The number of halogens is 3. The lowest BCUT2D eigenvalue weighted by Crippen LogP contribution is -2.36. The van der Waals surface area contributed by atoms with Gasteiger partial charge in [-0.15, -0.1) is 11.3 Å². The maximum absolute atomic E-state index is 13.9. The number of hydrogen-bond acceptors (Lipinski definition) is 7. The Hall–Kier alpha value is -3.51. The molecule has 0 atom stereocenters. The van der Waals surface area contributed by atoms with E-state index >= 15 is 0 Å². The number of carbonyl (C=O) groups is 1. The molecule has 0 bridgehead atoms. The first-order valence-electron chi connectivity index (χ1n) is 10.1. The van der Waals surface area contributed by atoms with E-state index in [0.717, 1.165) is 21.0 Å². The lowest BCUT2D eigenvalue weighted by Gasteiger charge is -2.31. The van der Waals surface area contributed by atoms with Gasteiger partial charge in [-0.2, -0.15) is 13.2 Å². The molecular formula is C23H18F3N3O4S2. The van der Waals surface area contributed by atoms with Gasteiger partial charge in [0.05, 0.1) is 10.6 Å². The molecule has 7 nitrogen and oxygen atoms in total. The molecule has 0 aliphatic carbocycles. The number of ether oxygens (including phenoxy) is 1. The number of sulfonamides is 1. The molecule has 0 aliphatic heterocycles. The van der Waals surface area contributed by atoms with E-state index in [4.69, 9.17) is 4.74 Å². The molecular weight excluding hydrogens is 503 g/mol. The average Bonchev–Trinajstić information content (AvgIpc) is 3.32. The normalized spacial score (nSPS) is 12.5. The van der Waals surface area contributed by atoms with Gasteiger partial charge in [-0.3, -0.25) is 4.98 Å². The Labute approximate surface area is 202 Å². The number of fused-ring (bicyclic) bond motifs is 1. The van der Waals surface area contributed by atoms with Crippen LogP contribution in [-0.2, 0) is 25.2 Å². The summed E-state index contributed by atoms with van der Waals surface area (Å²) in [6.45, 7) is 2.51. The maximum Gasteiger partial charge on any atom is 0.490 e. The van der Waals surface area contributed by atoms with Gasteiger partial charge in [0.15, 0.2) is 0 Å². The number of hydrogen-bond donors (Lipinski definition) is 0. The van der Waals surface area contributed by atoms with Crippen molar-refractivity contribution in [3.63, 3.8) is 0 Å². The number of thiazole rings is 1. The second-order valence-corrected chi connectivity index (χ2v) is 10.5. The number of pyridine rings is 1. The summed E-state index contributed by atoms with van der Waals surface area (Å²) in [5.74, 6) is -2.39. The predicted octanol–water partition coefficient (Wildman–Crippen LogP) is 5.56. The van der Waals surface area contributed by atoms with Crippen LogP contribution in [0.15, 0.2) is 77.4 Å². The van der Waals surface area contributed by atoms with E-state index in [9.17, 15) is 26.4 Å². The predicted molar refractivity (Wildman–Crippen MR) is 125 cm³/mol. The molecule has 0 radical (unpaired) electrons. The van der Waals surface area contributed by atoms with E-state index in [-0.39, 0.29) is 21.3 Å². The Morgan fingerprint density at radius 1 is 1.03 bits per heavy atom. The third-order valence-corrected chi connectivity index (χ3v) is 7.67. The molecule has 4 aromatic rings. The number of esters is 1. The SMILES string of the molecule is CC(C)(OC(=O)C(F)(F)F)c1ccccc1N(c1nccs1)S(=O)(=O)c1ccc2cnccc2c1. The number of alkyl halides is 3. The van der Waals surface area contributed by atoms with Gasteiger partial charge in [0, 0.05) is 34.9 Å². The van der Waals surface area contributed by atoms with Crippen molar-refractivity contribution in [2.75, 3.05) is 4.31 Å². The lowest BCUT2D eigenvalue weighted by molar-refractivity contribution is -0.212. The first-order valence-corrected chi connectivity index (χ1v) is 12.4. The standard InChI is InChI=1S/C23H18F3N3O4S2/c1-22(2,33-20(30)23(24,25)26)18-5-3-4-6-19(18)29(21-28-11-12-34-21)35(31,32)17-8-7-16-14-27-10-9-15(16)13-17/h3-14H,1-2H3. The van der Waals surface area contributed by atoms with Gasteiger partial charge in [-0.05, 0) is 43.5 Å². The molecule has 0 aliphatic rings. The molecule has 0 N–H and O–H groups in total. The first-order chi connectivity index (χ1) is 16.4. The number of para-hydroxylation sites is 1. The summed E-state index contributed by atoms with van der Waals surface area (Å²) in [5.41, 5.74) is -1.79. The fourth-order valence-corrected chi connectivity index (χ4v) is 5.86. The van der Waals surface area contributed by atoms with Gasteiger partial charge in [0.1, 0.15) is 5.60 Å². The van der Waals surface area contributed by atoms with Crippen LogP contribution < -0.4 is 4.31 Å². The lowest BCUT2D eigenvalue weighted by atomic mass is 9.96. The molecule has 4 rings (SSSR count). The van der Waals surface area contributed by atoms with Gasteiger partial charge >= 0.3 is 12.1 Å².